The van der Waals surface area contributed by atoms with Gasteiger partial charge in [-0.3, -0.25) is 0 Å². The van der Waals surface area contributed by atoms with E-state index >= 15 is 0 Å². The Bertz CT molecular complexity index is 365. The average molecular weight is 247 g/mol. The van der Waals surface area contributed by atoms with Crippen molar-refractivity contribution in [3.8, 4) is 5.75 Å². The second-order valence-electron chi connectivity index (χ2n) is 3.88. The van der Waals surface area contributed by atoms with E-state index in [0.717, 1.165) is 12.5 Å². The fraction of sp³-hybridized carbons (Fsp3) is 0.500. The van der Waals surface area contributed by atoms with Gasteiger partial charge in [0.2, 0.25) is 0 Å². The minimum atomic E-state index is -4.34. The Labute approximate surface area is 98.8 Å². The number of hydrogen-bond acceptors (Lipinski definition) is 2. The zero-order valence-electron chi connectivity index (χ0n) is 10.0. The van der Waals surface area contributed by atoms with Gasteiger partial charge in [-0.1, -0.05) is 12.1 Å². The molecule has 0 heterocycles. The lowest BCUT2D eigenvalue weighted by atomic mass is 10.1. The smallest absolute Gasteiger partial charge is 0.425 e. The van der Waals surface area contributed by atoms with Gasteiger partial charge in [0.15, 0.2) is 6.10 Å². The average Bonchev–Trinajstić information content (AvgIpc) is 2.27. The van der Waals surface area contributed by atoms with E-state index < -0.39 is 12.3 Å². The van der Waals surface area contributed by atoms with Gasteiger partial charge in [-0.25, -0.2) is 0 Å². The van der Waals surface area contributed by atoms with E-state index in [1.54, 1.807) is 19.2 Å². The van der Waals surface area contributed by atoms with Crippen LogP contribution in [-0.2, 0) is 0 Å². The SMILES string of the molecule is CNC(C)c1cccc(OC(C)C(F)(F)F)c1. The predicted molar refractivity (Wildman–Crippen MR) is 60.1 cm³/mol. The van der Waals surface area contributed by atoms with E-state index in [1.807, 2.05) is 13.0 Å². The molecule has 0 amide bonds. The molecule has 0 aliphatic rings. The number of nitrogens with one attached hydrogen (secondary N) is 1. The Morgan fingerprint density at radius 1 is 1.24 bits per heavy atom. The number of alkyl halides is 3. The van der Waals surface area contributed by atoms with Gasteiger partial charge < -0.3 is 10.1 Å². The Morgan fingerprint density at radius 3 is 2.41 bits per heavy atom. The van der Waals surface area contributed by atoms with E-state index in [4.69, 9.17) is 4.74 Å². The highest BCUT2D eigenvalue weighted by molar-refractivity contribution is 5.30. The van der Waals surface area contributed by atoms with Crippen LogP contribution in [0.15, 0.2) is 24.3 Å². The summed E-state index contributed by atoms with van der Waals surface area (Å²) >= 11 is 0. The van der Waals surface area contributed by atoms with Crippen molar-refractivity contribution in [3.63, 3.8) is 0 Å². The highest BCUT2D eigenvalue weighted by atomic mass is 19.4. The van der Waals surface area contributed by atoms with Crippen LogP contribution in [0.25, 0.3) is 0 Å². The highest BCUT2D eigenvalue weighted by Gasteiger charge is 2.38. The molecule has 0 aromatic heterocycles. The molecule has 2 unspecified atom stereocenters. The Hall–Kier alpha value is -1.23. The van der Waals surface area contributed by atoms with E-state index in [1.165, 1.54) is 6.07 Å². The summed E-state index contributed by atoms with van der Waals surface area (Å²) in [5.41, 5.74) is 0.888. The van der Waals surface area contributed by atoms with Gasteiger partial charge in [0.1, 0.15) is 5.75 Å². The first-order valence-corrected chi connectivity index (χ1v) is 5.35. The van der Waals surface area contributed by atoms with Crippen LogP contribution in [-0.4, -0.2) is 19.3 Å². The van der Waals surface area contributed by atoms with Crippen molar-refractivity contribution in [2.24, 2.45) is 0 Å². The second kappa shape index (κ2) is 5.40. The molecule has 0 saturated carbocycles. The molecule has 0 spiro atoms. The topological polar surface area (TPSA) is 21.3 Å². The Kier molecular flexibility index (Phi) is 4.40. The molecule has 17 heavy (non-hydrogen) atoms. The molecule has 1 aromatic rings. The standard InChI is InChI=1S/C12H16F3NO/c1-8(16-3)10-5-4-6-11(7-10)17-9(2)12(13,14)15/h4-9,16H,1-3H3. The summed E-state index contributed by atoms with van der Waals surface area (Å²) in [4.78, 5) is 0. The fourth-order valence-corrected chi connectivity index (χ4v) is 1.29. The summed E-state index contributed by atoms with van der Waals surface area (Å²) in [6.07, 6.45) is -6.15. The van der Waals surface area contributed by atoms with Gasteiger partial charge in [-0.15, -0.1) is 0 Å². The lowest BCUT2D eigenvalue weighted by Gasteiger charge is -2.19. The first-order chi connectivity index (χ1) is 7.84. The van der Waals surface area contributed by atoms with Crippen molar-refractivity contribution >= 4 is 0 Å². The van der Waals surface area contributed by atoms with Gasteiger partial charge in [0.25, 0.3) is 0 Å². The molecular formula is C12H16F3NO. The normalized spacial score (nSPS) is 15.4. The van der Waals surface area contributed by atoms with Crippen LogP contribution in [0.3, 0.4) is 0 Å². The van der Waals surface area contributed by atoms with Gasteiger partial charge in [-0.05, 0) is 38.6 Å². The van der Waals surface area contributed by atoms with Crippen LogP contribution in [0.5, 0.6) is 5.75 Å². The molecule has 96 valence electrons. The maximum absolute atomic E-state index is 12.3. The molecule has 2 atom stereocenters. The molecule has 0 radical (unpaired) electrons. The minimum Gasteiger partial charge on any atom is -0.481 e. The van der Waals surface area contributed by atoms with Crippen LogP contribution in [0, 0.1) is 0 Å². The first-order valence-electron chi connectivity index (χ1n) is 5.35. The summed E-state index contributed by atoms with van der Waals surface area (Å²) in [5.74, 6) is 0.231. The summed E-state index contributed by atoms with van der Waals surface area (Å²) < 4.78 is 41.8. The minimum absolute atomic E-state index is 0.0692. The molecule has 0 aliphatic carbocycles. The molecule has 0 aliphatic heterocycles. The summed E-state index contributed by atoms with van der Waals surface area (Å²) in [7, 11) is 1.79. The maximum atomic E-state index is 12.3. The van der Waals surface area contributed by atoms with E-state index in [-0.39, 0.29) is 11.8 Å². The lowest BCUT2D eigenvalue weighted by Crippen LogP contribution is -2.31. The predicted octanol–water partition coefficient (Wildman–Crippen LogP) is 3.30. The number of ether oxygens (including phenoxy) is 1. The van der Waals surface area contributed by atoms with Crippen LogP contribution in [0.1, 0.15) is 25.5 Å². The zero-order valence-corrected chi connectivity index (χ0v) is 10.0. The molecule has 0 bridgehead atoms. The van der Waals surface area contributed by atoms with Crippen LogP contribution < -0.4 is 10.1 Å². The maximum Gasteiger partial charge on any atom is 0.425 e. The number of benzene rings is 1. The third-order valence-electron chi connectivity index (χ3n) is 2.56. The van der Waals surface area contributed by atoms with Gasteiger partial charge in [-0.2, -0.15) is 13.2 Å². The van der Waals surface area contributed by atoms with E-state index in [2.05, 4.69) is 5.32 Å². The summed E-state index contributed by atoms with van der Waals surface area (Å²) in [6, 6.07) is 6.73. The molecule has 1 N–H and O–H groups in total. The van der Waals surface area contributed by atoms with E-state index in [9.17, 15) is 13.2 Å². The van der Waals surface area contributed by atoms with Crippen molar-refractivity contribution in [3.05, 3.63) is 29.8 Å². The molecule has 2 nitrogen and oxygen atoms in total. The van der Waals surface area contributed by atoms with Crippen LogP contribution >= 0.6 is 0 Å². The third kappa shape index (κ3) is 3.93. The summed E-state index contributed by atoms with van der Waals surface area (Å²) in [6.45, 7) is 2.92. The lowest BCUT2D eigenvalue weighted by molar-refractivity contribution is -0.189. The van der Waals surface area contributed by atoms with Crippen molar-refractivity contribution in [1.29, 1.82) is 0 Å². The third-order valence-corrected chi connectivity index (χ3v) is 2.56. The Balaban J connectivity index is 2.79. The molecule has 0 saturated heterocycles. The Morgan fingerprint density at radius 2 is 1.88 bits per heavy atom. The van der Waals surface area contributed by atoms with Crippen molar-refractivity contribution in [1.82, 2.24) is 5.32 Å². The molecule has 1 aromatic carbocycles. The molecule has 1 rings (SSSR count). The quantitative estimate of drug-likeness (QED) is 0.881. The molecule has 5 heteroatoms. The first kappa shape index (κ1) is 13.8. The number of halogens is 3. The van der Waals surface area contributed by atoms with Crippen molar-refractivity contribution in [2.75, 3.05) is 7.05 Å². The largest absolute Gasteiger partial charge is 0.481 e. The van der Waals surface area contributed by atoms with Crippen molar-refractivity contribution in [2.45, 2.75) is 32.2 Å². The molecule has 0 fully saturated rings. The highest BCUT2D eigenvalue weighted by Crippen LogP contribution is 2.26. The second-order valence-corrected chi connectivity index (χ2v) is 3.88. The summed E-state index contributed by atoms with van der Waals surface area (Å²) in [5, 5.41) is 3.01. The fourth-order valence-electron chi connectivity index (χ4n) is 1.29. The van der Waals surface area contributed by atoms with Crippen LogP contribution in [0.4, 0.5) is 13.2 Å². The molecular weight excluding hydrogens is 231 g/mol. The van der Waals surface area contributed by atoms with E-state index in [0.29, 0.717) is 0 Å². The van der Waals surface area contributed by atoms with Gasteiger partial charge in [0.05, 0.1) is 0 Å². The monoisotopic (exact) mass is 247 g/mol. The van der Waals surface area contributed by atoms with Gasteiger partial charge in [0, 0.05) is 6.04 Å². The number of rotatable bonds is 4. The number of hydrogen-bond donors (Lipinski definition) is 1. The van der Waals surface area contributed by atoms with Crippen LogP contribution in [0.2, 0.25) is 0 Å². The van der Waals surface area contributed by atoms with Crippen molar-refractivity contribution < 1.29 is 17.9 Å². The zero-order chi connectivity index (χ0) is 13.1. The van der Waals surface area contributed by atoms with Gasteiger partial charge >= 0.3 is 6.18 Å².